The Bertz CT molecular complexity index is 1760. The summed E-state index contributed by atoms with van der Waals surface area (Å²) in [5.41, 5.74) is 2.27. The molecule has 6 rings (SSSR count). The smallest absolute Gasteiger partial charge is 0.268 e. The predicted molar refractivity (Wildman–Crippen MR) is 158 cm³/mol. The summed E-state index contributed by atoms with van der Waals surface area (Å²) in [5.74, 6) is 1.25. The van der Waals surface area contributed by atoms with Crippen molar-refractivity contribution >= 4 is 50.7 Å². The number of carbonyl (C=O) groups is 1. The zero-order valence-electron chi connectivity index (χ0n) is 22.6. The first-order valence-electron chi connectivity index (χ1n) is 13.1. The van der Waals surface area contributed by atoms with Gasteiger partial charge in [-0.15, -0.1) is 21.5 Å². The number of nitrogens with one attached hydrogen (secondary N) is 1. The maximum absolute atomic E-state index is 14.2. The number of thioether (sulfide) groups is 1. The Balaban J connectivity index is 1.50. The highest BCUT2D eigenvalue weighted by Gasteiger charge is 2.31. The topological polar surface area (TPSA) is 99.8 Å². The number of aromatic nitrogens is 4. The van der Waals surface area contributed by atoms with E-state index in [9.17, 15) is 9.59 Å². The molecule has 0 spiro atoms. The van der Waals surface area contributed by atoms with Crippen molar-refractivity contribution in [2.45, 2.75) is 50.3 Å². The molecular formula is C29H29N5O4S2. The number of para-hydroxylation sites is 1. The highest BCUT2D eigenvalue weighted by molar-refractivity contribution is 8.00. The highest BCUT2D eigenvalue weighted by atomic mass is 32.2. The summed E-state index contributed by atoms with van der Waals surface area (Å²) in [6, 6.07) is 16.7. The molecule has 2 atom stereocenters. The van der Waals surface area contributed by atoms with E-state index in [1.165, 1.54) is 23.1 Å². The molecule has 3 aromatic heterocycles. The van der Waals surface area contributed by atoms with Crippen LogP contribution in [0.3, 0.4) is 0 Å². The highest BCUT2D eigenvalue weighted by Crippen LogP contribution is 2.38. The molecule has 0 radical (unpaired) electrons. The molecule has 11 heteroatoms. The average Bonchev–Trinajstić information content (AvgIpc) is 3.55. The Labute approximate surface area is 239 Å². The number of hydrogen-bond donors (Lipinski definition) is 1. The third-order valence-electron chi connectivity index (χ3n) is 7.11. The SMILES string of the molecule is COc1ccc(-n2c(=O)c3c4c(sc3n3c(S[C@H](C)C(=O)Nc5ccccc5)nnc23)CO[C@H](C(C)C)C4)cc1. The van der Waals surface area contributed by atoms with Gasteiger partial charge in [0.05, 0.1) is 36.1 Å². The number of benzene rings is 2. The summed E-state index contributed by atoms with van der Waals surface area (Å²) in [5, 5.41) is 12.6. The quantitative estimate of drug-likeness (QED) is 0.262. The molecule has 40 heavy (non-hydrogen) atoms. The van der Waals surface area contributed by atoms with Crippen molar-refractivity contribution in [3.63, 3.8) is 0 Å². The van der Waals surface area contributed by atoms with Crippen molar-refractivity contribution < 1.29 is 14.3 Å². The fourth-order valence-corrected chi connectivity index (χ4v) is 7.03. The van der Waals surface area contributed by atoms with Crippen LogP contribution in [0, 0.1) is 5.92 Å². The van der Waals surface area contributed by atoms with Crippen molar-refractivity contribution in [1.82, 2.24) is 19.2 Å². The zero-order valence-corrected chi connectivity index (χ0v) is 24.2. The van der Waals surface area contributed by atoms with Crippen LogP contribution >= 0.6 is 23.1 Å². The predicted octanol–water partition coefficient (Wildman–Crippen LogP) is 5.32. The summed E-state index contributed by atoms with van der Waals surface area (Å²) in [6.07, 6.45) is 0.697. The van der Waals surface area contributed by atoms with E-state index < -0.39 is 5.25 Å². The van der Waals surface area contributed by atoms with Gasteiger partial charge in [-0.3, -0.25) is 9.59 Å². The second-order valence-corrected chi connectivity index (χ2v) is 12.4. The minimum absolute atomic E-state index is 0.0336. The van der Waals surface area contributed by atoms with Crippen molar-refractivity contribution in [3.8, 4) is 11.4 Å². The lowest BCUT2D eigenvalue weighted by molar-refractivity contribution is -0.115. The summed E-state index contributed by atoms with van der Waals surface area (Å²) >= 11 is 2.84. The average molecular weight is 576 g/mol. The van der Waals surface area contributed by atoms with Crippen LogP contribution < -0.4 is 15.6 Å². The second kappa shape index (κ2) is 10.7. The normalized spacial score (nSPS) is 15.9. The maximum Gasteiger partial charge on any atom is 0.268 e. The molecule has 206 valence electrons. The van der Waals surface area contributed by atoms with E-state index in [2.05, 4.69) is 29.4 Å². The first-order valence-corrected chi connectivity index (χ1v) is 14.8. The van der Waals surface area contributed by atoms with Gasteiger partial charge in [0.25, 0.3) is 5.56 Å². The minimum atomic E-state index is -0.465. The van der Waals surface area contributed by atoms with Crippen LogP contribution in [0.2, 0.25) is 0 Å². The Kier molecular flexibility index (Phi) is 7.11. The van der Waals surface area contributed by atoms with Gasteiger partial charge in [-0.1, -0.05) is 43.8 Å². The first-order chi connectivity index (χ1) is 19.4. The number of fused-ring (bicyclic) bond motifs is 5. The van der Waals surface area contributed by atoms with Crippen LogP contribution in [0.15, 0.2) is 64.5 Å². The Hall–Kier alpha value is -3.67. The van der Waals surface area contributed by atoms with Crippen molar-refractivity contribution in [1.29, 1.82) is 0 Å². The van der Waals surface area contributed by atoms with E-state index in [4.69, 9.17) is 9.47 Å². The molecule has 4 heterocycles. The van der Waals surface area contributed by atoms with E-state index in [0.29, 0.717) is 46.7 Å². The summed E-state index contributed by atoms with van der Waals surface area (Å²) in [6.45, 7) is 6.56. The van der Waals surface area contributed by atoms with Crippen molar-refractivity contribution in [2.75, 3.05) is 12.4 Å². The van der Waals surface area contributed by atoms with Crippen LogP contribution in [0.4, 0.5) is 5.69 Å². The number of rotatable bonds is 7. The lowest BCUT2D eigenvalue weighted by Crippen LogP contribution is -2.28. The number of anilines is 1. The molecule has 5 aromatic rings. The third kappa shape index (κ3) is 4.67. The number of methoxy groups -OCH3 is 1. The minimum Gasteiger partial charge on any atom is -0.497 e. The molecule has 1 aliphatic rings. The number of thiophene rings is 1. The summed E-state index contributed by atoms with van der Waals surface area (Å²) in [4.78, 5) is 29.0. The number of nitrogens with zero attached hydrogens (tertiary/aromatic N) is 4. The molecule has 1 N–H and O–H groups in total. The van der Waals surface area contributed by atoms with Gasteiger partial charge in [-0.05, 0) is 54.8 Å². The van der Waals surface area contributed by atoms with E-state index in [1.54, 1.807) is 11.7 Å². The largest absolute Gasteiger partial charge is 0.497 e. The van der Waals surface area contributed by atoms with Gasteiger partial charge in [0.2, 0.25) is 11.7 Å². The van der Waals surface area contributed by atoms with Gasteiger partial charge in [0.15, 0.2) is 5.16 Å². The van der Waals surface area contributed by atoms with E-state index in [0.717, 1.165) is 21.0 Å². The fourth-order valence-electron chi connectivity index (χ4n) is 4.88. The Morgan fingerprint density at radius 3 is 2.58 bits per heavy atom. The van der Waals surface area contributed by atoms with Crippen molar-refractivity contribution in [3.05, 3.63) is 75.4 Å². The van der Waals surface area contributed by atoms with Crippen molar-refractivity contribution in [2.24, 2.45) is 5.92 Å². The first kappa shape index (κ1) is 26.5. The maximum atomic E-state index is 14.2. The molecule has 1 aliphatic heterocycles. The second-order valence-electron chi connectivity index (χ2n) is 10.1. The molecule has 0 aliphatic carbocycles. The van der Waals surface area contributed by atoms with E-state index in [-0.39, 0.29) is 17.6 Å². The number of hydrogen-bond acceptors (Lipinski definition) is 8. The summed E-state index contributed by atoms with van der Waals surface area (Å²) < 4.78 is 15.0. The van der Waals surface area contributed by atoms with Crippen LogP contribution in [-0.2, 0) is 22.6 Å². The van der Waals surface area contributed by atoms with Gasteiger partial charge in [0.1, 0.15) is 10.6 Å². The Morgan fingerprint density at radius 1 is 1.12 bits per heavy atom. The van der Waals surface area contributed by atoms with Crippen LogP contribution in [0.1, 0.15) is 31.2 Å². The van der Waals surface area contributed by atoms with Crippen LogP contribution in [-0.4, -0.2) is 43.5 Å². The van der Waals surface area contributed by atoms with E-state index >= 15 is 0 Å². The van der Waals surface area contributed by atoms with Gasteiger partial charge in [-0.2, -0.15) is 0 Å². The lowest BCUT2D eigenvalue weighted by atomic mass is 9.96. The van der Waals surface area contributed by atoms with Gasteiger partial charge >= 0.3 is 0 Å². The van der Waals surface area contributed by atoms with Gasteiger partial charge in [-0.25, -0.2) is 8.97 Å². The molecule has 0 saturated carbocycles. The molecule has 0 bridgehead atoms. The van der Waals surface area contributed by atoms with Crippen LogP contribution in [0.5, 0.6) is 5.75 Å². The molecule has 9 nitrogen and oxygen atoms in total. The molecule has 0 fully saturated rings. The van der Waals surface area contributed by atoms with Crippen LogP contribution in [0.25, 0.3) is 21.7 Å². The fraction of sp³-hybridized carbons (Fsp3) is 0.310. The molecule has 0 unspecified atom stereocenters. The number of ether oxygens (including phenoxy) is 2. The molecule has 2 aromatic carbocycles. The Morgan fingerprint density at radius 2 is 1.88 bits per heavy atom. The molecular weight excluding hydrogens is 546 g/mol. The van der Waals surface area contributed by atoms with Gasteiger partial charge in [0, 0.05) is 17.0 Å². The lowest BCUT2D eigenvalue weighted by Gasteiger charge is -2.26. The third-order valence-corrected chi connectivity index (χ3v) is 9.34. The number of amides is 1. The monoisotopic (exact) mass is 575 g/mol. The number of carbonyl (C=O) groups excluding carboxylic acids is 1. The summed E-state index contributed by atoms with van der Waals surface area (Å²) in [7, 11) is 1.60. The van der Waals surface area contributed by atoms with E-state index in [1.807, 2.05) is 65.9 Å². The zero-order chi connectivity index (χ0) is 28.0. The standard InChI is InChI=1S/C29H29N5O4S2/c1-16(2)22-14-21-23(15-38-22)40-27-24(21)26(36)33(19-10-12-20(37-4)13-11-19)28-31-32-29(34(27)28)39-17(3)25(35)30-18-8-6-5-7-9-18/h5-13,16-17,22H,14-15H2,1-4H3,(H,30,35)/t17-,22+/m1/s1. The molecule has 0 saturated heterocycles. The molecule has 1 amide bonds. The van der Waals surface area contributed by atoms with Gasteiger partial charge < -0.3 is 14.8 Å².